The van der Waals surface area contributed by atoms with Gasteiger partial charge in [-0.25, -0.2) is 0 Å². The van der Waals surface area contributed by atoms with Gasteiger partial charge < -0.3 is 20.3 Å². The molecular formula is C61H109NO5. The predicted molar refractivity (Wildman–Crippen MR) is 291 cm³/mol. The van der Waals surface area contributed by atoms with Gasteiger partial charge in [-0.05, 0) is 70.6 Å². The molecule has 0 aromatic rings. The average molecular weight is 937 g/mol. The zero-order valence-corrected chi connectivity index (χ0v) is 44.3. The average Bonchev–Trinajstić information content (AvgIpc) is 3.32. The maximum Gasteiger partial charge on any atom is 0.306 e. The number of unbranched alkanes of at least 4 members (excludes halogenated alkanes) is 31. The lowest BCUT2D eigenvalue weighted by Gasteiger charge is -2.24. The van der Waals surface area contributed by atoms with Gasteiger partial charge in [0.05, 0.1) is 25.2 Å². The maximum atomic E-state index is 13.3. The van der Waals surface area contributed by atoms with Crippen LogP contribution in [0.25, 0.3) is 0 Å². The molecule has 0 aliphatic heterocycles. The van der Waals surface area contributed by atoms with Crippen LogP contribution in [0.2, 0.25) is 0 Å². The molecule has 6 heteroatoms. The number of allylic oxidation sites excluding steroid dienone is 12. The molecule has 0 aliphatic carbocycles. The lowest BCUT2D eigenvalue weighted by molar-refractivity contribution is -0.151. The number of aliphatic hydroxyl groups is 2. The van der Waals surface area contributed by atoms with E-state index in [1.807, 2.05) is 0 Å². The van der Waals surface area contributed by atoms with Crippen molar-refractivity contribution < 1.29 is 24.5 Å². The van der Waals surface area contributed by atoms with Crippen molar-refractivity contribution in [1.29, 1.82) is 0 Å². The maximum absolute atomic E-state index is 13.3. The summed E-state index contributed by atoms with van der Waals surface area (Å²) in [7, 11) is 0. The Balaban J connectivity index is 4.64. The number of nitrogens with one attached hydrogen (secondary N) is 1. The number of rotatable bonds is 51. The van der Waals surface area contributed by atoms with Crippen LogP contribution in [0.3, 0.4) is 0 Å². The summed E-state index contributed by atoms with van der Waals surface area (Å²) in [6.07, 6.45) is 69.6. The Bertz CT molecular complexity index is 1230. The van der Waals surface area contributed by atoms with Crippen molar-refractivity contribution in [3.05, 3.63) is 72.9 Å². The quantitative estimate of drug-likeness (QED) is 0.0321. The standard InChI is InChI=1S/C61H109NO5/c1-4-7-10-13-16-19-22-25-28-30-31-33-36-39-42-45-48-51-54-61(66)67-57(52-49-46-43-40-37-34-27-24-21-18-15-12-9-6-3)55-60(65)62-58(56-63)59(64)53-50-47-44-41-38-35-32-29-26-23-20-17-14-11-8-5-2/h16,19,22,25,28,30-31,33-34,37,40,43,57-59,63-64H,4-15,17-18,20-21,23-24,26-27,29,32,35-36,38-39,41-42,44-56H2,1-3H3,(H,62,65)/b19-16+,25-22+,30-28+,33-31+,37-34+,43-40+. The Hall–Kier alpha value is -2.70. The van der Waals surface area contributed by atoms with E-state index < -0.39 is 18.2 Å². The third kappa shape index (κ3) is 49.5. The number of hydrogen-bond acceptors (Lipinski definition) is 5. The van der Waals surface area contributed by atoms with Crippen molar-refractivity contribution in [1.82, 2.24) is 5.32 Å². The summed E-state index contributed by atoms with van der Waals surface area (Å²) in [6.45, 7) is 6.44. The molecule has 0 rings (SSSR count). The zero-order chi connectivity index (χ0) is 48.8. The van der Waals surface area contributed by atoms with E-state index in [-0.39, 0.29) is 24.9 Å². The second-order valence-corrected chi connectivity index (χ2v) is 19.5. The first-order valence-corrected chi connectivity index (χ1v) is 28.7. The van der Waals surface area contributed by atoms with Crippen molar-refractivity contribution in [2.75, 3.05) is 6.61 Å². The van der Waals surface area contributed by atoms with Crippen LogP contribution in [0.5, 0.6) is 0 Å². The molecule has 0 heterocycles. The third-order valence-electron chi connectivity index (χ3n) is 12.9. The fourth-order valence-electron chi connectivity index (χ4n) is 8.50. The van der Waals surface area contributed by atoms with Crippen molar-refractivity contribution in [3.63, 3.8) is 0 Å². The number of carbonyl (C=O) groups is 2. The van der Waals surface area contributed by atoms with E-state index in [1.165, 1.54) is 148 Å². The highest BCUT2D eigenvalue weighted by molar-refractivity contribution is 5.77. The fraction of sp³-hybridized carbons (Fsp3) is 0.770. The summed E-state index contributed by atoms with van der Waals surface area (Å²) in [6, 6.07) is -0.725. The number of amides is 1. The highest BCUT2D eigenvalue weighted by Crippen LogP contribution is 2.17. The van der Waals surface area contributed by atoms with Crippen LogP contribution in [-0.4, -0.2) is 46.9 Å². The largest absolute Gasteiger partial charge is 0.462 e. The van der Waals surface area contributed by atoms with Gasteiger partial charge in [0, 0.05) is 6.42 Å². The van der Waals surface area contributed by atoms with Crippen LogP contribution in [0.1, 0.15) is 278 Å². The summed E-state index contributed by atoms with van der Waals surface area (Å²) in [5.74, 6) is -0.544. The summed E-state index contributed by atoms with van der Waals surface area (Å²) in [5.41, 5.74) is 0. The molecule has 0 saturated carbocycles. The Morgan fingerprint density at radius 3 is 1.22 bits per heavy atom. The van der Waals surface area contributed by atoms with Gasteiger partial charge in [-0.1, -0.05) is 267 Å². The van der Waals surface area contributed by atoms with Gasteiger partial charge in [0.2, 0.25) is 5.91 Å². The van der Waals surface area contributed by atoms with Crippen molar-refractivity contribution in [2.45, 2.75) is 296 Å². The summed E-state index contributed by atoms with van der Waals surface area (Å²) < 4.78 is 5.92. The minimum atomic E-state index is -0.807. The minimum Gasteiger partial charge on any atom is -0.462 e. The first-order valence-electron chi connectivity index (χ1n) is 28.7. The van der Waals surface area contributed by atoms with Gasteiger partial charge in [0.1, 0.15) is 6.10 Å². The van der Waals surface area contributed by atoms with Crippen molar-refractivity contribution in [2.24, 2.45) is 0 Å². The van der Waals surface area contributed by atoms with E-state index in [0.717, 1.165) is 83.5 Å². The number of aliphatic hydroxyl groups excluding tert-OH is 2. The normalized spacial score (nSPS) is 13.7. The molecule has 0 fully saturated rings. The van der Waals surface area contributed by atoms with Crippen LogP contribution >= 0.6 is 0 Å². The van der Waals surface area contributed by atoms with Crippen LogP contribution in [-0.2, 0) is 14.3 Å². The molecule has 3 atom stereocenters. The Labute approximate surface area is 415 Å². The first kappa shape index (κ1) is 64.3. The molecule has 0 bridgehead atoms. The molecule has 0 aliphatic rings. The first-order chi connectivity index (χ1) is 33.0. The van der Waals surface area contributed by atoms with Gasteiger partial charge in [-0.3, -0.25) is 9.59 Å². The molecule has 0 aromatic heterocycles. The molecule has 0 aromatic carbocycles. The van der Waals surface area contributed by atoms with Crippen molar-refractivity contribution in [3.8, 4) is 0 Å². The lowest BCUT2D eigenvalue weighted by atomic mass is 10.0. The van der Waals surface area contributed by atoms with Crippen LogP contribution in [0.15, 0.2) is 72.9 Å². The van der Waals surface area contributed by atoms with Gasteiger partial charge in [0.25, 0.3) is 0 Å². The van der Waals surface area contributed by atoms with Gasteiger partial charge in [-0.2, -0.15) is 0 Å². The highest BCUT2D eigenvalue weighted by Gasteiger charge is 2.24. The SMILES string of the molecule is CCCCC/C=C/C=C/C=C/C=C/CCCCCCCC(=O)OC(CCC/C=C/C=C/CCCCCCCCC)CC(=O)NC(CO)C(O)CCCCCCCCCCCCCCCCCC. The fourth-order valence-corrected chi connectivity index (χ4v) is 8.50. The molecule has 0 spiro atoms. The Morgan fingerprint density at radius 1 is 0.433 bits per heavy atom. The molecule has 6 nitrogen and oxygen atoms in total. The van der Waals surface area contributed by atoms with Gasteiger partial charge in [0.15, 0.2) is 0 Å². The van der Waals surface area contributed by atoms with Gasteiger partial charge >= 0.3 is 5.97 Å². The smallest absolute Gasteiger partial charge is 0.306 e. The van der Waals surface area contributed by atoms with Crippen LogP contribution in [0.4, 0.5) is 0 Å². The molecule has 3 unspecified atom stereocenters. The second kappa shape index (κ2) is 54.2. The predicted octanol–water partition coefficient (Wildman–Crippen LogP) is 17.7. The van der Waals surface area contributed by atoms with E-state index in [2.05, 4.69) is 99.0 Å². The van der Waals surface area contributed by atoms with Crippen LogP contribution < -0.4 is 5.32 Å². The number of ether oxygens (including phenoxy) is 1. The summed E-state index contributed by atoms with van der Waals surface area (Å²) in [5, 5.41) is 23.9. The summed E-state index contributed by atoms with van der Waals surface area (Å²) >= 11 is 0. The lowest BCUT2D eigenvalue weighted by Crippen LogP contribution is -2.46. The second-order valence-electron chi connectivity index (χ2n) is 19.5. The van der Waals surface area contributed by atoms with Crippen LogP contribution in [0, 0.1) is 0 Å². The Kier molecular flexibility index (Phi) is 52.1. The molecule has 1 amide bonds. The Morgan fingerprint density at radius 2 is 0.776 bits per heavy atom. The number of carbonyl (C=O) groups excluding carboxylic acids is 2. The summed E-state index contributed by atoms with van der Waals surface area (Å²) in [4.78, 5) is 26.2. The van der Waals surface area contributed by atoms with Gasteiger partial charge in [-0.15, -0.1) is 0 Å². The van der Waals surface area contributed by atoms with E-state index in [0.29, 0.717) is 19.3 Å². The molecule has 67 heavy (non-hydrogen) atoms. The van der Waals surface area contributed by atoms with E-state index in [4.69, 9.17) is 4.74 Å². The molecular weight excluding hydrogens is 827 g/mol. The van der Waals surface area contributed by atoms with E-state index in [1.54, 1.807) is 0 Å². The molecule has 0 radical (unpaired) electrons. The monoisotopic (exact) mass is 936 g/mol. The van der Waals surface area contributed by atoms with Crippen molar-refractivity contribution >= 4 is 11.9 Å². The van der Waals surface area contributed by atoms with E-state index >= 15 is 0 Å². The van der Waals surface area contributed by atoms with E-state index in [9.17, 15) is 19.8 Å². The third-order valence-corrected chi connectivity index (χ3v) is 12.9. The topological polar surface area (TPSA) is 95.9 Å². The number of hydrogen-bond donors (Lipinski definition) is 3. The molecule has 3 N–H and O–H groups in total. The zero-order valence-electron chi connectivity index (χ0n) is 44.3. The highest BCUT2D eigenvalue weighted by atomic mass is 16.5. The minimum absolute atomic E-state index is 0.0330. The number of esters is 1. The molecule has 0 saturated heterocycles. The molecule has 388 valence electrons.